The normalized spacial score (nSPS) is 11.3. The molecule has 0 aliphatic carbocycles. The van der Waals surface area contributed by atoms with Crippen LogP contribution in [0.15, 0.2) is 88.8 Å². The molecule has 5 rings (SSSR count). The number of Topliss-reactive ketones (excluding diaryl/α,β-unsaturated/α-hetero) is 1. The standard InChI is InChI=1S/C25H19N3O2S/c1-16-23(18-11-5-7-13-20(18)26-16)22(29)15-31-25-27-21-14-8-6-12-19(21)24(30)28(25)17-9-3-2-4-10-17/h2-14,26H,15H2,1H3. The fraction of sp³-hybridized carbons (Fsp3) is 0.0800. The summed E-state index contributed by atoms with van der Waals surface area (Å²) in [5.74, 6) is 0.183. The molecule has 0 saturated heterocycles. The fourth-order valence-electron chi connectivity index (χ4n) is 3.85. The van der Waals surface area contributed by atoms with Crippen LogP contribution in [0.3, 0.4) is 0 Å². The van der Waals surface area contributed by atoms with Crippen molar-refractivity contribution in [2.75, 3.05) is 5.75 Å². The molecule has 0 aliphatic heterocycles. The third-order valence-electron chi connectivity index (χ3n) is 5.26. The van der Waals surface area contributed by atoms with E-state index in [2.05, 4.69) is 4.98 Å². The zero-order valence-corrected chi connectivity index (χ0v) is 17.6. The van der Waals surface area contributed by atoms with Gasteiger partial charge in [-0.1, -0.05) is 60.3 Å². The average molecular weight is 426 g/mol. The Balaban J connectivity index is 1.56. The Morgan fingerprint density at radius 2 is 1.61 bits per heavy atom. The number of aromatic nitrogens is 3. The van der Waals surface area contributed by atoms with Gasteiger partial charge in [-0.15, -0.1) is 0 Å². The van der Waals surface area contributed by atoms with Crippen molar-refractivity contribution in [1.82, 2.24) is 14.5 Å². The van der Waals surface area contributed by atoms with Crippen LogP contribution < -0.4 is 5.56 Å². The number of thioether (sulfide) groups is 1. The lowest BCUT2D eigenvalue weighted by atomic mass is 10.1. The number of H-pyrrole nitrogens is 1. The molecule has 0 saturated carbocycles. The molecule has 0 amide bonds. The number of aryl methyl sites for hydroxylation is 1. The van der Waals surface area contributed by atoms with Crippen molar-refractivity contribution in [2.24, 2.45) is 0 Å². The number of hydrogen-bond acceptors (Lipinski definition) is 4. The largest absolute Gasteiger partial charge is 0.358 e. The predicted octanol–water partition coefficient (Wildman–Crippen LogP) is 5.15. The Morgan fingerprint density at radius 1 is 0.935 bits per heavy atom. The van der Waals surface area contributed by atoms with Crippen molar-refractivity contribution in [3.05, 3.63) is 100 Å². The average Bonchev–Trinajstić information content (AvgIpc) is 3.14. The van der Waals surface area contributed by atoms with Crippen molar-refractivity contribution >= 4 is 39.4 Å². The second-order valence-corrected chi connectivity index (χ2v) is 8.21. The van der Waals surface area contributed by atoms with E-state index < -0.39 is 0 Å². The van der Waals surface area contributed by atoms with Gasteiger partial charge in [0.15, 0.2) is 10.9 Å². The van der Waals surface area contributed by atoms with Gasteiger partial charge in [-0.05, 0) is 37.3 Å². The van der Waals surface area contributed by atoms with Crippen LogP contribution in [0, 0.1) is 6.92 Å². The first kappa shape index (κ1) is 19.3. The monoisotopic (exact) mass is 425 g/mol. The van der Waals surface area contributed by atoms with E-state index in [-0.39, 0.29) is 17.1 Å². The summed E-state index contributed by atoms with van der Waals surface area (Å²) in [7, 11) is 0. The third kappa shape index (κ3) is 3.45. The zero-order chi connectivity index (χ0) is 21.4. The summed E-state index contributed by atoms with van der Waals surface area (Å²) in [5.41, 5.74) is 3.69. The highest BCUT2D eigenvalue weighted by molar-refractivity contribution is 7.99. The van der Waals surface area contributed by atoms with Crippen LogP contribution in [0.25, 0.3) is 27.5 Å². The molecule has 6 heteroatoms. The fourth-order valence-corrected chi connectivity index (χ4v) is 4.74. The number of nitrogens with zero attached hydrogens (tertiary/aromatic N) is 2. The van der Waals surface area contributed by atoms with Gasteiger partial charge in [0.2, 0.25) is 0 Å². The van der Waals surface area contributed by atoms with Gasteiger partial charge in [-0.2, -0.15) is 0 Å². The third-order valence-corrected chi connectivity index (χ3v) is 6.20. The van der Waals surface area contributed by atoms with Crippen LogP contribution in [0.4, 0.5) is 0 Å². The Morgan fingerprint density at radius 3 is 2.42 bits per heavy atom. The number of ketones is 1. The Bertz CT molecular complexity index is 1490. The van der Waals surface area contributed by atoms with E-state index in [1.807, 2.05) is 79.7 Å². The van der Waals surface area contributed by atoms with Gasteiger partial charge in [0.05, 0.1) is 22.3 Å². The highest BCUT2D eigenvalue weighted by Crippen LogP contribution is 2.26. The van der Waals surface area contributed by atoms with Crippen molar-refractivity contribution in [1.29, 1.82) is 0 Å². The summed E-state index contributed by atoms with van der Waals surface area (Å²) in [6.07, 6.45) is 0. The van der Waals surface area contributed by atoms with Crippen LogP contribution in [-0.2, 0) is 0 Å². The van der Waals surface area contributed by atoms with E-state index in [9.17, 15) is 9.59 Å². The lowest BCUT2D eigenvalue weighted by Gasteiger charge is -2.13. The van der Waals surface area contributed by atoms with Gasteiger partial charge in [-0.25, -0.2) is 4.98 Å². The van der Waals surface area contributed by atoms with E-state index in [0.717, 1.165) is 22.3 Å². The van der Waals surface area contributed by atoms with E-state index in [1.165, 1.54) is 11.8 Å². The molecule has 0 fully saturated rings. The van der Waals surface area contributed by atoms with Crippen molar-refractivity contribution < 1.29 is 4.79 Å². The van der Waals surface area contributed by atoms with Crippen LogP contribution in [-0.4, -0.2) is 26.1 Å². The molecule has 31 heavy (non-hydrogen) atoms. The molecule has 0 spiro atoms. The number of rotatable bonds is 5. The lowest BCUT2D eigenvalue weighted by molar-refractivity contribution is 0.102. The minimum absolute atomic E-state index is 0.00182. The molecular formula is C25H19N3O2S. The Kier molecular flexibility index (Phi) is 4.92. The second-order valence-electron chi connectivity index (χ2n) is 7.27. The summed E-state index contributed by atoms with van der Waals surface area (Å²) < 4.78 is 1.59. The molecule has 0 unspecified atom stereocenters. The van der Waals surface area contributed by atoms with Crippen molar-refractivity contribution in [2.45, 2.75) is 12.1 Å². The second kappa shape index (κ2) is 7.89. The number of carbonyl (C=O) groups is 1. The lowest BCUT2D eigenvalue weighted by Crippen LogP contribution is -2.22. The van der Waals surface area contributed by atoms with Crippen LogP contribution in [0.1, 0.15) is 16.1 Å². The molecule has 3 aromatic carbocycles. The Labute approximate surface area is 182 Å². The molecule has 0 atom stereocenters. The smallest absolute Gasteiger partial charge is 0.266 e. The predicted molar refractivity (Wildman–Crippen MR) is 125 cm³/mol. The number of benzene rings is 3. The van der Waals surface area contributed by atoms with E-state index in [4.69, 9.17) is 4.98 Å². The van der Waals surface area contributed by atoms with Gasteiger partial charge in [0.25, 0.3) is 5.56 Å². The Hall–Kier alpha value is -3.64. The maximum Gasteiger partial charge on any atom is 0.266 e. The topological polar surface area (TPSA) is 67.8 Å². The zero-order valence-electron chi connectivity index (χ0n) is 16.8. The van der Waals surface area contributed by atoms with Gasteiger partial charge in [-0.3, -0.25) is 14.2 Å². The van der Waals surface area contributed by atoms with E-state index >= 15 is 0 Å². The summed E-state index contributed by atoms with van der Waals surface area (Å²) in [6.45, 7) is 1.91. The quantitative estimate of drug-likeness (QED) is 0.240. The first-order valence-electron chi connectivity index (χ1n) is 9.94. The van der Waals surface area contributed by atoms with Gasteiger partial charge >= 0.3 is 0 Å². The number of fused-ring (bicyclic) bond motifs is 2. The van der Waals surface area contributed by atoms with Crippen LogP contribution in [0.2, 0.25) is 0 Å². The summed E-state index contributed by atoms with van der Waals surface area (Å²) in [4.78, 5) is 34.4. The molecule has 2 heterocycles. The van der Waals surface area contributed by atoms with E-state index in [1.54, 1.807) is 10.6 Å². The molecule has 2 aromatic heterocycles. The summed E-state index contributed by atoms with van der Waals surface area (Å²) >= 11 is 1.28. The number of para-hydroxylation sites is 3. The number of hydrogen-bond donors (Lipinski definition) is 1. The first-order chi connectivity index (χ1) is 15.1. The van der Waals surface area contributed by atoms with Crippen molar-refractivity contribution in [3.63, 3.8) is 0 Å². The molecule has 5 aromatic rings. The molecule has 0 aliphatic rings. The molecule has 152 valence electrons. The van der Waals surface area contributed by atoms with Gasteiger partial charge in [0.1, 0.15) is 0 Å². The van der Waals surface area contributed by atoms with Gasteiger partial charge in [0, 0.05) is 22.2 Å². The number of nitrogens with one attached hydrogen (secondary N) is 1. The highest BCUT2D eigenvalue weighted by Gasteiger charge is 2.19. The molecule has 1 N–H and O–H groups in total. The molecule has 5 nitrogen and oxygen atoms in total. The first-order valence-corrected chi connectivity index (χ1v) is 10.9. The molecular weight excluding hydrogens is 406 g/mol. The number of aromatic amines is 1. The van der Waals surface area contributed by atoms with Crippen molar-refractivity contribution in [3.8, 4) is 5.69 Å². The molecule has 0 bridgehead atoms. The van der Waals surface area contributed by atoms with Crippen LogP contribution >= 0.6 is 11.8 Å². The summed E-state index contributed by atoms with van der Waals surface area (Å²) in [6, 6.07) is 24.5. The van der Waals surface area contributed by atoms with Gasteiger partial charge < -0.3 is 4.98 Å². The summed E-state index contributed by atoms with van der Waals surface area (Å²) in [5, 5.41) is 1.97. The number of carbonyl (C=O) groups excluding carboxylic acids is 1. The maximum absolute atomic E-state index is 13.3. The SMILES string of the molecule is Cc1[nH]c2ccccc2c1C(=O)CSc1nc2ccccc2c(=O)n1-c1ccccc1. The maximum atomic E-state index is 13.3. The highest BCUT2D eigenvalue weighted by atomic mass is 32.2. The van der Waals surface area contributed by atoms with Crippen LogP contribution in [0.5, 0.6) is 0 Å². The molecule has 0 radical (unpaired) electrons. The van der Waals surface area contributed by atoms with E-state index in [0.29, 0.717) is 21.6 Å². The minimum Gasteiger partial charge on any atom is -0.358 e. The minimum atomic E-state index is -0.143.